The molecular weight excluding hydrogens is 349 g/mol. The van der Waals surface area contributed by atoms with Crippen molar-refractivity contribution in [3.63, 3.8) is 0 Å². The average Bonchev–Trinajstić information content (AvgIpc) is 2.62. The van der Waals surface area contributed by atoms with E-state index in [-0.39, 0.29) is 11.9 Å². The number of phenols is 1. The van der Waals surface area contributed by atoms with Crippen LogP contribution in [-0.4, -0.2) is 40.6 Å². The number of nitrogens with zero attached hydrogens (tertiary/aromatic N) is 4. The van der Waals surface area contributed by atoms with Gasteiger partial charge in [0.15, 0.2) is 17.4 Å². The van der Waals surface area contributed by atoms with Crippen molar-refractivity contribution in [3.05, 3.63) is 30.2 Å². The van der Waals surface area contributed by atoms with Gasteiger partial charge in [0.2, 0.25) is 11.9 Å². The van der Waals surface area contributed by atoms with Crippen molar-refractivity contribution in [2.75, 3.05) is 28.7 Å². The van der Waals surface area contributed by atoms with E-state index in [1.165, 1.54) is 18.2 Å². The number of halogens is 1. The largest absolute Gasteiger partial charge is 0.505 e. The van der Waals surface area contributed by atoms with Crippen LogP contribution in [-0.2, 0) is 4.79 Å². The third kappa shape index (κ3) is 3.79. The zero-order valence-electron chi connectivity index (χ0n) is 15.9. The minimum absolute atomic E-state index is 0.00355. The molecule has 3 rings (SSSR count). The molecule has 0 saturated heterocycles. The number of carbonyl (C=O) groups excluding carboxylic acids is 1. The van der Waals surface area contributed by atoms with E-state index in [1.807, 2.05) is 11.8 Å². The van der Waals surface area contributed by atoms with E-state index in [4.69, 9.17) is 0 Å². The lowest BCUT2D eigenvalue weighted by atomic mass is 10.1. The Kier molecular flexibility index (Phi) is 5.16. The van der Waals surface area contributed by atoms with Crippen molar-refractivity contribution in [1.29, 1.82) is 0 Å². The zero-order chi connectivity index (χ0) is 19.7. The second-order valence-corrected chi connectivity index (χ2v) is 7.14. The van der Waals surface area contributed by atoms with Gasteiger partial charge in [-0.25, -0.2) is 9.37 Å². The van der Waals surface area contributed by atoms with E-state index < -0.39 is 11.6 Å². The summed E-state index contributed by atoms with van der Waals surface area (Å²) in [6, 6.07) is 3.65. The highest BCUT2D eigenvalue weighted by molar-refractivity contribution is 6.04. The molecule has 1 aromatic carbocycles. The Bertz CT molecular complexity index is 858. The molecule has 144 valence electrons. The summed E-state index contributed by atoms with van der Waals surface area (Å²) in [4.78, 5) is 24.9. The Morgan fingerprint density at radius 1 is 1.37 bits per heavy atom. The quantitative estimate of drug-likeness (QED) is 0.783. The normalized spacial score (nSPS) is 16.7. The van der Waals surface area contributed by atoms with Crippen LogP contribution in [0.15, 0.2) is 24.4 Å². The van der Waals surface area contributed by atoms with Gasteiger partial charge in [0.1, 0.15) is 11.7 Å². The van der Waals surface area contributed by atoms with Crippen molar-refractivity contribution in [3.8, 4) is 5.75 Å². The molecule has 8 heteroatoms. The van der Waals surface area contributed by atoms with Crippen LogP contribution in [0.2, 0.25) is 0 Å². The highest BCUT2D eigenvalue weighted by Gasteiger charge is 2.35. The lowest BCUT2D eigenvalue weighted by Gasteiger charge is -2.39. The van der Waals surface area contributed by atoms with Gasteiger partial charge in [-0.1, -0.05) is 13.8 Å². The Morgan fingerprint density at radius 2 is 2.11 bits per heavy atom. The van der Waals surface area contributed by atoms with Gasteiger partial charge >= 0.3 is 0 Å². The monoisotopic (exact) mass is 373 g/mol. The number of rotatable bonds is 5. The van der Waals surface area contributed by atoms with Crippen LogP contribution >= 0.6 is 0 Å². The first-order valence-corrected chi connectivity index (χ1v) is 8.94. The molecule has 2 aromatic rings. The molecule has 0 saturated carbocycles. The average molecular weight is 373 g/mol. The lowest BCUT2D eigenvalue weighted by Crippen LogP contribution is -2.51. The smallest absolute Gasteiger partial charge is 0.249 e. The number of aromatic hydroxyl groups is 1. The fourth-order valence-electron chi connectivity index (χ4n) is 3.00. The molecule has 1 aliphatic heterocycles. The molecule has 7 nitrogen and oxygen atoms in total. The van der Waals surface area contributed by atoms with Gasteiger partial charge in [0, 0.05) is 25.3 Å². The van der Waals surface area contributed by atoms with Crippen LogP contribution in [0, 0.1) is 11.7 Å². The predicted molar refractivity (Wildman–Crippen MR) is 103 cm³/mol. The number of benzene rings is 1. The third-order valence-electron chi connectivity index (χ3n) is 4.69. The number of aromatic nitrogens is 2. The van der Waals surface area contributed by atoms with E-state index in [1.54, 1.807) is 18.1 Å². The molecule has 0 aliphatic carbocycles. The van der Waals surface area contributed by atoms with E-state index in [0.717, 1.165) is 6.42 Å². The maximum absolute atomic E-state index is 13.6. The number of hydrogen-bond acceptors (Lipinski definition) is 6. The summed E-state index contributed by atoms with van der Waals surface area (Å²) in [5.41, 5.74) is 1.07. The van der Waals surface area contributed by atoms with Crippen molar-refractivity contribution in [2.24, 2.45) is 5.92 Å². The van der Waals surface area contributed by atoms with Crippen molar-refractivity contribution < 1.29 is 14.3 Å². The summed E-state index contributed by atoms with van der Waals surface area (Å²) >= 11 is 0. The SMILES string of the molecule is CC(C)CCN1c2nc(Nc3ccc(O)c(F)c3)ncc2N(C)C(=O)C1C. The van der Waals surface area contributed by atoms with E-state index in [9.17, 15) is 14.3 Å². The third-order valence-corrected chi connectivity index (χ3v) is 4.69. The van der Waals surface area contributed by atoms with Crippen LogP contribution in [0.25, 0.3) is 0 Å². The van der Waals surface area contributed by atoms with Crippen LogP contribution in [0.3, 0.4) is 0 Å². The molecule has 2 heterocycles. The molecule has 27 heavy (non-hydrogen) atoms. The molecule has 1 aromatic heterocycles. The summed E-state index contributed by atoms with van der Waals surface area (Å²) in [6.45, 7) is 6.84. The topological polar surface area (TPSA) is 81.6 Å². The van der Waals surface area contributed by atoms with E-state index >= 15 is 0 Å². The fourth-order valence-corrected chi connectivity index (χ4v) is 3.00. The first kappa shape index (κ1) is 18.9. The minimum Gasteiger partial charge on any atom is -0.505 e. The fraction of sp³-hybridized carbons (Fsp3) is 0.421. The number of nitrogens with one attached hydrogen (secondary N) is 1. The molecule has 1 atom stereocenters. The highest BCUT2D eigenvalue weighted by Crippen LogP contribution is 2.34. The van der Waals surface area contributed by atoms with Crippen LogP contribution < -0.4 is 15.1 Å². The van der Waals surface area contributed by atoms with Crippen LogP contribution in [0.1, 0.15) is 27.2 Å². The molecule has 1 amide bonds. The Labute approximate surface area is 157 Å². The lowest BCUT2D eigenvalue weighted by molar-refractivity contribution is -0.119. The number of hydrogen-bond donors (Lipinski definition) is 2. The second kappa shape index (κ2) is 7.38. The van der Waals surface area contributed by atoms with Gasteiger partial charge in [0.05, 0.1) is 6.20 Å². The first-order chi connectivity index (χ1) is 12.8. The van der Waals surface area contributed by atoms with Crippen LogP contribution in [0.4, 0.5) is 27.5 Å². The molecule has 0 radical (unpaired) electrons. The summed E-state index contributed by atoms with van der Waals surface area (Å²) in [6.07, 6.45) is 2.52. The molecule has 1 unspecified atom stereocenters. The van der Waals surface area contributed by atoms with Gasteiger partial charge < -0.3 is 20.2 Å². The van der Waals surface area contributed by atoms with Gasteiger partial charge in [0.25, 0.3) is 0 Å². The summed E-state index contributed by atoms with van der Waals surface area (Å²) in [5.74, 6) is 0.313. The molecule has 0 fully saturated rings. The Morgan fingerprint density at radius 3 is 2.78 bits per heavy atom. The maximum atomic E-state index is 13.6. The van der Waals surface area contributed by atoms with Crippen molar-refractivity contribution in [1.82, 2.24) is 9.97 Å². The number of amides is 1. The zero-order valence-corrected chi connectivity index (χ0v) is 15.9. The Balaban J connectivity index is 1.94. The van der Waals surface area contributed by atoms with Gasteiger partial charge in [-0.15, -0.1) is 0 Å². The number of fused-ring (bicyclic) bond motifs is 1. The van der Waals surface area contributed by atoms with E-state index in [0.29, 0.717) is 35.6 Å². The predicted octanol–water partition coefficient (Wildman–Crippen LogP) is 3.28. The van der Waals surface area contributed by atoms with Gasteiger partial charge in [-0.2, -0.15) is 4.98 Å². The summed E-state index contributed by atoms with van der Waals surface area (Å²) in [5, 5.41) is 12.3. The van der Waals surface area contributed by atoms with Crippen LogP contribution in [0.5, 0.6) is 5.75 Å². The first-order valence-electron chi connectivity index (χ1n) is 8.94. The van der Waals surface area contributed by atoms with E-state index in [2.05, 4.69) is 29.1 Å². The maximum Gasteiger partial charge on any atom is 0.249 e. The molecular formula is C19H24FN5O2. The Hall–Kier alpha value is -2.90. The number of anilines is 4. The second-order valence-electron chi connectivity index (χ2n) is 7.14. The highest BCUT2D eigenvalue weighted by atomic mass is 19.1. The molecule has 1 aliphatic rings. The standard InChI is InChI=1S/C19H24FN5O2/c1-11(2)7-8-25-12(3)18(27)24(4)15-10-21-19(23-17(15)25)22-13-5-6-16(26)14(20)9-13/h5-6,9-12,26H,7-8H2,1-4H3,(H,21,22,23). The van der Waals surface area contributed by atoms with Crippen molar-refractivity contribution in [2.45, 2.75) is 33.2 Å². The number of phenolic OH excluding ortho intramolecular Hbond substituents is 1. The van der Waals surface area contributed by atoms with Gasteiger partial charge in [-0.05, 0) is 31.4 Å². The summed E-state index contributed by atoms with van der Waals surface area (Å²) < 4.78 is 13.6. The number of carbonyl (C=O) groups is 1. The molecule has 0 bridgehead atoms. The van der Waals surface area contributed by atoms with Gasteiger partial charge in [-0.3, -0.25) is 4.79 Å². The summed E-state index contributed by atoms with van der Waals surface area (Å²) in [7, 11) is 1.71. The number of likely N-dealkylation sites (N-methyl/N-ethyl adjacent to an activating group) is 1. The van der Waals surface area contributed by atoms with Crippen molar-refractivity contribution >= 4 is 29.0 Å². The minimum atomic E-state index is -0.726. The molecule has 0 spiro atoms. The molecule has 2 N–H and O–H groups in total.